The van der Waals surface area contributed by atoms with Crippen LogP contribution in [0.5, 0.6) is 11.6 Å². The van der Waals surface area contributed by atoms with Crippen LogP contribution in [0.4, 0.5) is 5.82 Å². The predicted octanol–water partition coefficient (Wildman–Crippen LogP) is 2.50. The molecule has 4 aromatic heterocycles. The van der Waals surface area contributed by atoms with Crippen molar-refractivity contribution in [2.45, 2.75) is 31.1 Å². The lowest BCUT2D eigenvalue weighted by Crippen LogP contribution is -2.68. The van der Waals surface area contributed by atoms with Crippen LogP contribution in [0.3, 0.4) is 0 Å². The number of ether oxygens (including phenoxy) is 3. The van der Waals surface area contributed by atoms with E-state index in [1.807, 2.05) is 29.3 Å². The Bertz CT molecular complexity index is 1640. The lowest BCUT2D eigenvalue weighted by Gasteiger charge is -2.56. The molecular weight excluding hydrogens is 520 g/mol. The molecule has 210 valence electrons. The van der Waals surface area contributed by atoms with E-state index in [2.05, 4.69) is 26.4 Å². The second kappa shape index (κ2) is 11.0. The highest BCUT2D eigenvalue weighted by atomic mass is 16.5. The zero-order valence-electron chi connectivity index (χ0n) is 24.7. The molecule has 2 unspecified atom stereocenters. The summed E-state index contributed by atoms with van der Waals surface area (Å²) < 4.78 is 36.4. The molecule has 3 atom stereocenters. The van der Waals surface area contributed by atoms with Gasteiger partial charge >= 0.3 is 0 Å². The number of hydrogen-bond acceptors (Lipinski definition) is 10. The second-order valence-corrected chi connectivity index (χ2v) is 10.5. The van der Waals surface area contributed by atoms with E-state index in [1.165, 1.54) is 0 Å². The summed E-state index contributed by atoms with van der Waals surface area (Å²) in [6.07, 6.45) is 7.63. The first-order chi connectivity index (χ1) is 20.9. The van der Waals surface area contributed by atoms with E-state index in [0.29, 0.717) is 54.6 Å². The molecule has 4 fully saturated rings. The van der Waals surface area contributed by atoms with Gasteiger partial charge in [-0.3, -0.25) is 4.90 Å². The number of nitrogens with one attached hydrogen (secondary N) is 1. The molecule has 0 aromatic carbocycles. The van der Waals surface area contributed by atoms with Gasteiger partial charge in [-0.15, -0.1) is 0 Å². The first kappa shape index (κ1) is 23.5. The maximum Gasteiger partial charge on any atom is 0.212 e. The van der Waals surface area contributed by atoms with E-state index < -0.39 is 6.50 Å². The van der Waals surface area contributed by atoms with Gasteiger partial charge in [0.1, 0.15) is 30.3 Å². The average molecular weight is 555 g/mol. The zero-order chi connectivity index (χ0) is 29.6. The number of pyridine rings is 3. The van der Waals surface area contributed by atoms with E-state index in [9.17, 15) is 5.26 Å². The monoisotopic (exact) mass is 554 g/mol. The van der Waals surface area contributed by atoms with Crippen molar-refractivity contribution in [2.75, 3.05) is 51.4 Å². The molecular formula is C30H32N8O3. The number of methoxy groups -OCH3 is 1. The van der Waals surface area contributed by atoms with E-state index in [1.54, 1.807) is 42.3 Å². The minimum Gasteiger partial charge on any atom is -0.489 e. The smallest absolute Gasteiger partial charge is 0.212 e. The third kappa shape index (κ3) is 5.06. The topological polar surface area (TPSA) is 113 Å². The Hall–Kier alpha value is -4.24. The number of nitrogens with zero attached hydrogens (tertiary/aromatic N) is 7. The quantitative estimate of drug-likeness (QED) is 0.349. The maximum atomic E-state index is 9.74. The summed E-state index contributed by atoms with van der Waals surface area (Å²) in [5, 5.41) is 17.4. The van der Waals surface area contributed by atoms with Gasteiger partial charge in [0, 0.05) is 77.1 Å². The number of piperazine rings is 1. The number of rotatable bonds is 8. The van der Waals surface area contributed by atoms with Gasteiger partial charge in [0.05, 0.1) is 37.2 Å². The Kier molecular flexibility index (Phi) is 6.28. The molecule has 4 saturated heterocycles. The summed E-state index contributed by atoms with van der Waals surface area (Å²) in [5.41, 5.74) is 3.35. The SMILES string of the molecule is [2H]C([2H])(c1ccc(OC)nc1)N1C2CC1CN(c1ccc(-c3cc(OC[C@H]4CNCCO4)cn4ncc(C#N)c34)cn1)C2. The van der Waals surface area contributed by atoms with Crippen molar-refractivity contribution in [1.29, 1.82) is 5.26 Å². The van der Waals surface area contributed by atoms with Crippen LogP contribution in [0, 0.1) is 11.3 Å². The number of aromatic nitrogens is 4. The largest absolute Gasteiger partial charge is 0.489 e. The minimum absolute atomic E-state index is 0.0315. The molecule has 0 saturated carbocycles. The van der Waals surface area contributed by atoms with Crippen molar-refractivity contribution in [2.24, 2.45) is 0 Å². The molecule has 1 N–H and O–H groups in total. The molecule has 4 aliphatic rings. The fourth-order valence-electron chi connectivity index (χ4n) is 5.82. The summed E-state index contributed by atoms with van der Waals surface area (Å²) in [4.78, 5) is 13.2. The van der Waals surface area contributed by atoms with Crippen LogP contribution in [0.25, 0.3) is 16.6 Å². The minimum atomic E-state index is -1.63. The van der Waals surface area contributed by atoms with E-state index >= 15 is 0 Å². The molecule has 4 aliphatic heterocycles. The molecule has 11 heteroatoms. The summed E-state index contributed by atoms with van der Waals surface area (Å²) in [7, 11) is 1.55. The van der Waals surface area contributed by atoms with Gasteiger partial charge in [0.25, 0.3) is 0 Å². The van der Waals surface area contributed by atoms with Crippen LogP contribution in [-0.2, 0) is 11.2 Å². The van der Waals surface area contributed by atoms with Gasteiger partial charge in [0.2, 0.25) is 5.88 Å². The summed E-state index contributed by atoms with van der Waals surface area (Å²) >= 11 is 0. The van der Waals surface area contributed by atoms with Gasteiger partial charge in [-0.1, -0.05) is 6.07 Å². The first-order valence-electron chi connectivity index (χ1n) is 14.8. The van der Waals surface area contributed by atoms with Crippen LogP contribution in [-0.4, -0.2) is 89.2 Å². The highest BCUT2D eigenvalue weighted by molar-refractivity contribution is 5.85. The molecule has 11 nitrogen and oxygen atoms in total. The zero-order valence-corrected chi connectivity index (χ0v) is 22.7. The Morgan fingerprint density at radius 3 is 2.78 bits per heavy atom. The van der Waals surface area contributed by atoms with Crippen LogP contribution in [0.1, 0.15) is 20.3 Å². The average Bonchev–Trinajstić information content (AvgIpc) is 3.47. The number of hydrogen-bond donors (Lipinski definition) is 1. The van der Waals surface area contributed by atoms with Gasteiger partial charge in [-0.2, -0.15) is 10.4 Å². The van der Waals surface area contributed by atoms with Gasteiger partial charge in [0.15, 0.2) is 0 Å². The molecule has 4 aromatic rings. The van der Waals surface area contributed by atoms with Gasteiger partial charge < -0.3 is 24.4 Å². The molecule has 0 amide bonds. The van der Waals surface area contributed by atoms with Crippen LogP contribution in [0.15, 0.2) is 55.1 Å². The Morgan fingerprint density at radius 1 is 1.17 bits per heavy atom. The highest BCUT2D eigenvalue weighted by Gasteiger charge is 2.44. The van der Waals surface area contributed by atoms with Crippen LogP contribution < -0.4 is 19.7 Å². The van der Waals surface area contributed by atoms with Crippen molar-refractivity contribution in [1.82, 2.24) is 29.8 Å². The highest BCUT2D eigenvalue weighted by Crippen LogP contribution is 2.36. The molecule has 8 heterocycles. The Labute approximate surface area is 241 Å². The van der Waals surface area contributed by atoms with E-state index in [4.69, 9.17) is 21.9 Å². The van der Waals surface area contributed by atoms with Crippen LogP contribution >= 0.6 is 0 Å². The molecule has 2 bridgehead atoms. The lowest BCUT2D eigenvalue weighted by molar-refractivity contribution is -0.00876. The molecule has 41 heavy (non-hydrogen) atoms. The first-order valence-corrected chi connectivity index (χ1v) is 13.8. The van der Waals surface area contributed by atoms with Crippen molar-refractivity contribution in [3.8, 4) is 28.8 Å². The molecule has 0 spiro atoms. The third-order valence-corrected chi connectivity index (χ3v) is 7.93. The van der Waals surface area contributed by atoms with Gasteiger partial charge in [-0.05, 0) is 30.2 Å². The number of anilines is 1. The fraction of sp³-hybridized carbons (Fsp3) is 0.400. The van der Waals surface area contributed by atoms with Crippen molar-refractivity contribution in [3.05, 3.63) is 66.2 Å². The van der Waals surface area contributed by atoms with E-state index in [-0.39, 0.29) is 18.2 Å². The lowest BCUT2D eigenvalue weighted by atomic mass is 9.87. The predicted molar refractivity (Wildman–Crippen MR) is 152 cm³/mol. The summed E-state index contributed by atoms with van der Waals surface area (Å²) in [5.74, 6) is 1.93. The van der Waals surface area contributed by atoms with Crippen molar-refractivity contribution < 1.29 is 17.0 Å². The summed E-state index contributed by atoms with van der Waals surface area (Å²) in [6, 6.07) is 11.7. The summed E-state index contributed by atoms with van der Waals surface area (Å²) in [6.45, 7) is 2.37. The third-order valence-electron chi connectivity index (χ3n) is 7.93. The standard InChI is InChI=1S/C30H32N8O3/c1-39-29-5-2-20(11-34-29)15-37-23-8-24(37)17-36(16-23)28-4-3-21(12-33-28)27-9-25(41-19-26-14-32-6-7-40-26)18-38-30(27)22(10-31)13-35-38/h2-5,9,11-13,18,23-24,26,32H,6-8,14-17,19H2,1H3/t23?,24?,26-/m1/s1/i15D2. The fourth-order valence-corrected chi connectivity index (χ4v) is 5.82. The number of fused-ring (bicyclic) bond motifs is 3. The molecule has 0 radical (unpaired) electrons. The normalized spacial score (nSPS) is 23.3. The van der Waals surface area contributed by atoms with Crippen molar-refractivity contribution >= 4 is 11.3 Å². The Balaban J connectivity index is 1.09. The van der Waals surface area contributed by atoms with Crippen LogP contribution in [0.2, 0.25) is 0 Å². The number of morpholine rings is 1. The second-order valence-electron chi connectivity index (χ2n) is 10.5. The maximum absolute atomic E-state index is 9.74. The molecule has 0 aliphatic carbocycles. The number of nitriles is 1. The van der Waals surface area contributed by atoms with Crippen molar-refractivity contribution in [3.63, 3.8) is 0 Å². The van der Waals surface area contributed by atoms with E-state index in [0.717, 1.165) is 36.5 Å². The number of piperidine rings is 1. The van der Waals surface area contributed by atoms with Gasteiger partial charge in [-0.25, -0.2) is 14.5 Å². The molecule has 8 rings (SSSR count). The Morgan fingerprint density at radius 2 is 2.07 bits per heavy atom.